The first-order valence-corrected chi connectivity index (χ1v) is 7.01. The van der Waals surface area contributed by atoms with Crippen molar-refractivity contribution < 1.29 is 9.21 Å². The van der Waals surface area contributed by atoms with Gasteiger partial charge >= 0.3 is 6.03 Å². The summed E-state index contributed by atoms with van der Waals surface area (Å²) in [5.74, 6) is 1.35. The molecule has 118 valence electrons. The third-order valence-corrected chi connectivity index (χ3v) is 3.31. The molecule has 3 aromatic rings. The lowest BCUT2D eigenvalue weighted by atomic mass is 10.2. The highest BCUT2D eigenvalue weighted by atomic mass is 16.3. The smallest absolute Gasteiger partial charge is 0.321 e. The maximum atomic E-state index is 12.2. The molecule has 0 bridgehead atoms. The highest BCUT2D eigenvalue weighted by molar-refractivity contribution is 5.89. The van der Waals surface area contributed by atoms with E-state index in [2.05, 4.69) is 20.8 Å². The van der Waals surface area contributed by atoms with Crippen LogP contribution in [0.5, 0.6) is 0 Å². The number of hydrogen-bond donors (Lipinski definition) is 1. The van der Waals surface area contributed by atoms with E-state index in [1.807, 2.05) is 30.3 Å². The van der Waals surface area contributed by atoms with Crippen molar-refractivity contribution in [3.8, 4) is 11.4 Å². The van der Waals surface area contributed by atoms with Crippen LogP contribution in [0.25, 0.3) is 11.4 Å². The third kappa shape index (κ3) is 3.37. The van der Waals surface area contributed by atoms with Gasteiger partial charge in [0.2, 0.25) is 0 Å². The molecule has 2 amide bonds. The van der Waals surface area contributed by atoms with Gasteiger partial charge in [-0.1, -0.05) is 12.1 Å². The number of carbonyl (C=O) groups is 1. The Morgan fingerprint density at radius 2 is 2.22 bits per heavy atom. The molecule has 0 saturated heterocycles. The van der Waals surface area contributed by atoms with Gasteiger partial charge < -0.3 is 14.6 Å². The number of benzene rings is 1. The van der Waals surface area contributed by atoms with E-state index < -0.39 is 0 Å². The monoisotopic (exact) mass is 312 g/mol. The zero-order valence-electron chi connectivity index (χ0n) is 12.8. The zero-order chi connectivity index (χ0) is 16.2. The summed E-state index contributed by atoms with van der Waals surface area (Å²) in [6.07, 6.45) is 1.58. The Labute approximate surface area is 132 Å². The first-order chi connectivity index (χ1) is 11.1. The van der Waals surface area contributed by atoms with Crippen molar-refractivity contribution in [3.05, 3.63) is 48.4 Å². The highest BCUT2D eigenvalue weighted by Gasteiger charge is 2.12. The van der Waals surface area contributed by atoms with E-state index in [0.29, 0.717) is 18.1 Å². The fourth-order valence-corrected chi connectivity index (χ4v) is 2.14. The summed E-state index contributed by atoms with van der Waals surface area (Å²) in [5, 5.41) is 14.2. The van der Waals surface area contributed by atoms with Gasteiger partial charge in [0.1, 0.15) is 5.76 Å². The summed E-state index contributed by atoms with van der Waals surface area (Å²) >= 11 is 0. The van der Waals surface area contributed by atoms with Crippen LogP contribution in [-0.4, -0.2) is 38.2 Å². The molecule has 2 heterocycles. The second kappa shape index (κ2) is 6.30. The summed E-state index contributed by atoms with van der Waals surface area (Å²) in [4.78, 5) is 13.8. The summed E-state index contributed by atoms with van der Waals surface area (Å²) in [6, 6.07) is 10.7. The van der Waals surface area contributed by atoms with Gasteiger partial charge in [0.15, 0.2) is 5.82 Å². The molecule has 0 saturated carbocycles. The third-order valence-electron chi connectivity index (χ3n) is 3.31. The Bertz CT molecular complexity index is 796. The molecule has 1 aromatic carbocycles. The van der Waals surface area contributed by atoms with Crippen LogP contribution in [0, 0.1) is 0 Å². The van der Waals surface area contributed by atoms with Crippen LogP contribution in [0.15, 0.2) is 47.1 Å². The molecular formula is C15H16N6O2. The van der Waals surface area contributed by atoms with E-state index in [1.54, 1.807) is 31.1 Å². The number of anilines is 1. The molecule has 23 heavy (non-hydrogen) atoms. The lowest BCUT2D eigenvalue weighted by Gasteiger charge is -2.17. The molecule has 0 radical (unpaired) electrons. The van der Waals surface area contributed by atoms with Crippen molar-refractivity contribution in [2.75, 3.05) is 12.4 Å². The number of hydrogen-bond acceptors (Lipinski definition) is 5. The van der Waals surface area contributed by atoms with Crippen molar-refractivity contribution in [1.29, 1.82) is 0 Å². The standard InChI is InChI=1S/C15H16N6O2/c1-20(10-13-7-4-8-23-13)15(22)16-12-6-3-5-11(9-12)14-17-18-19-21(14)2/h3-9H,10H2,1-2H3,(H,16,22). The Kier molecular flexibility index (Phi) is 4.05. The van der Waals surface area contributed by atoms with Gasteiger partial charge in [0.25, 0.3) is 0 Å². The number of tetrazole rings is 1. The van der Waals surface area contributed by atoms with Crippen LogP contribution in [-0.2, 0) is 13.6 Å². The number of aromatic nitrogens is 4. The number of carbonyl (C=O) groups excluding carboxylic acids is 1. The average Bonchev–Trinajstić information content (AvgIpc) is 3.19. The molecule has 2 aromatic heterocycles. The second-order valence-electron chi connectivity index (χ2n) is 5.07. The summed E-state index contributed by atoms with van der Waals surface area (Å²) in [7, 11) is 3.46. The largest absolute Gasteiger partial charge is 0.467 e. The van der Waals surface area contributed by atoms with Gasteiger partial charge in [-0.3, -0.25) is 0 Å². The maximum absolute atomic E-state index is 12.2. The van der Waals surface area contributed by atoms with Crippen molar-refractivity contribution in [2.24, 2.45) is 7.05 Å². The molecule has 0 aliphatic carbocycles. The molecular weight excluding hydrogens is 296 g/mol. The van der Waals surface area contributed by atoms with Gasteiger partial charge in [-0.25, -0.2) is 9.48 Å². The number of aryl methyl sites for hydroxylation is 1. The predicted octanol–water partition coefficient (Wildman–Crippen LogP) is 2.13. The minimum Gasteiger partial charge on any atom is -0.467 e. The Morgan fingerprint density at radius 3 is 2.91 bits per heavy atom. The molecule has 3 rings (SSSR count). The van der Waals surface area contributed by atoms with E-state index in [-0.39, 0.29) is 6.03 Å². The van der Waals surface area contributed by atoms with Crippen LogP contribution in [0.4, 0.5) is 10.5 Å². The van der Waals surface area contributed by atoms with Gasteiger partial charge in [0, 0.05) is 25.3 Å². The molecule has 0 aliphatic rings. The highest BCUT2D eigenvalue weighted by Crippen LogP contribution is 2.19. The molecule has 8 heteroatoms. The minimum atomic E-state index is -0.227. The molecule has 1 N–H and O–H groups in total. The second-order valence-corrected chi connectivity index (χ2v) is 5.07. The fraction of sp³-hybridized carbons (Fsp3) is 0.200. The van der Waals surface area contributed by atoms with Crippen LogP contribution in [0.1, 0.15) is 5.76 Å². The lowest BCUT2D eigenvalue weighted by molar-refractivity contribution is 0.217. The Balaban J connectivity index is 1.70. The van der Waals surface area contributed by atoms with Crippen molar-refractivity contribution >= 4 is 11.7 Å². The van der Waals surface area contributed by atoms with Crippen LogP contribution >= 0.6 is 0 Å². The molecule has 0 unspecified atom stereocenters. The number of nitrogens with one attached hydrogen (secondary N) is 1. The predicted molar refractivity (Wildman–Crippen MR) is 83.4 cm³/mol. The molecule has 0 fully saturated rings. The van der Waals surface area contributed by atoms with Crippen molar-refractivity contribution in [3.63, 3.8) is 0 Å². The van der Waals surface area contributed by atoms with Crippen LogP contribution in [0.3, 0.4) is 0 Å². The number of rotatable bonds is 4. The van der Waals surface area contributed by atoms with Crippen LogP contribution in [0.2, 0.25) is 0 Å². The van der Waals surface area contributed by atoms with Crippen molar-refractivity contribution in [1.82, 2.24) is 25.1 Å². The van der Waals surface area contributed by atoms with E-state index in [0.717, 1.165) is 11.3 Å². The topological polar surface area (TPSA) is 89.1 Å². The fourth-order valence-electron chi connectivity index (χ4n) is 2.14. The Hall–Kier alpha value is -3.16. The Morgan fingerprint density at radius 1 is 1.35 bits per heavy atom. The van der Waals surface area contributed by atoms with Gasteiger partial charge in [-0.05, 0) is 34.7 Å². The number of urea groups is 1. The summed E-state index contributed by atoms with van der Waals surface area (Å²) < 4.78 is 6.81. The molecule has 0 spiro atoms. The molecule has 8 nitrogen and oxygen atoms in total. The minimum absolute atomic E-state index is 0.227. The first-order valence-electron chi connectivity index (χ1n) is 7.01. The molecule has 0 atom stereocenters. The van der Waals surface area contributed by atoms with Gasteiger partial charge in [0.05, 0.1) is 12.8 Å². The van der Waals surface area contributed by atoms with E-state index in [4.69, 9.17) is 4.42 Å². The maximum Gasteiger partial charge on any atom is 0.321 e. The van der Waals surface area contributed by atoms with E-state index >= 15 is 0 Å². The number of furan rings is 1. The molecule has 0 aliphatic heterocycles. The van der Waals surface area contributed by atoms with Crippen LogP contribution < -0.4 is 5.32 Å². The van der Waals surface area contributed by atoms with E-state index in [1.165, 1.54) is 4.90 Å². The average molecular weight is 312 g/mol. The quantitative estimate of drug-likeness (QED) is 0.797. The first kappa shape index (κ1) is 14.8. The zero-order valence-corrected chi connectivity index (χ0v) is 12.8. The number of amides is 2. The van der Waals surface area contributed by atoms with E-state index in [9.17, 15) is 4.79 Å². The number of nitrogens with zero attached hydrogens (tertiary/aromatic N) is 5. The van der Waals surface area contributed by atoms with Crippen molar-refractivity contribution in [2.45, 2.75) is 6.54 Å². The normalized spacial score (nSPS) is 10.5. The van der Waals surface area contributed by atoms with Gasteiger partial charge in [-0.2, -0.15) is 0 Å². The SMILES string of the molecule is CN(Cc1ccco1)C(=O)Nc1cccc(-c2nnnn2C)c1. The summed E-state index contributed by atoms with van der Waals surface area (Å²) in [5.41, 5.74) is 1.49. The lowest BCUT2D eigenvalue weighted by Crippen LogP contribution is -2.30. The summed E-state index contributed by atoms with van der Waals surface area (Å²) in [6.45, 7) is 0.395. The van der Waals surface area contributed by atoms with Gasteiger partial charge in [-0.15, -0.1) is 5.10 Å².